The summed E-state index contributed by atoms with van der Waals surface area (Å²) in [5.41, 5.74) is 0. The van der Waals surface area contributed by atoms with Gasteiger partial charge in [-0.1, -0.05) is 21.6 Å². The van der Waals surface area contributed by atoms with Gasteiger partial charge in [0.15, 0.2) is 11.1 Å². The maximum absolute atomic E-state index is 10.2. The molecular weight excluding hydrogens is 255 g/mol. The largest absolute Gasteiger partial charge is 1.00 e. The van der Waals surface area contributed by atoms with E-state index < -0.39 is 17.0 Å². The number of carboxylic acid groups (broad SMARTS) is 1. The van der Waals surface area contributed by atoms with E-state index in [1.807, 2.05) is 0 Å². The summed E-state index contributed by atoms with van der Waals surface area (Å²) in [6, 6.07) is 0. The minimum Gasteiger partial charge on any atom is -0.481 e. The minimum absolute atomic E-state index is 0. The molecule has 14 heavy (non-hydrogen) atoms. The molecule has 78 valence electrons. The maximum Gasteiger partial charge on any atom is 1.00 e. The monoisotopic (exact) mass is 267 g/mol. The molecule has 4 nitrogen and oxygen atoms in total. The van der Waals surface area contributed by atoms with Crippen LogP contribution in [0.5, 0.6) is 0 Å². The number of carbonyl (C=O) groups is 1. The molecule has 0 aromatic carbocycles. The quantitative estimate of drug-likeness (QED) is 0.240. The number of rotatable bonds is 8. The van der Waals surface area contributed by atoms with Gasteiger partial charge in [-0.3, -0.25) is 4.79 Å². The van der Waals surface area contributed by atoms with Gasteiger partial charge in [0.1, 0.15) is 0 Å². The molecule has 0 saturated heterocycles. The zero-order chi connectivity index (χ0) is 10.1. The van der Waals surface area contributed by atoms with Crippen molar-refractivity contribution >= 4 is 38.6 Å². The summed E-state index contributed by atoms with van der Waals surface area (Å²) in [6.07, 6.45) is 0.859. The second kappa shape index (κ2) is 12.4. The third kappa shape index (κ3) is 15.7. The van der Waals surface area contributed by atoms with Crippen molar-refractivity contribution in [2.24, 2.45) is 0 Å². The van der Waals surface area contributed by atoms with Gasteiger partial charge < -0.3 is 9.66 Å². The van der Waals surface area contributed by atoms with Crippen LogP contribution in [0.4, 0.5) is 0 Å². The summed E-state index contributed by atoms with van der Waals surface area (Å²) in [6.45, 7) is 0. The molecule has 0 spiro atoms. The van der Waals surface area contributed by atoms with E-state index in [0.717, 1.165) is 5.75 Å². The third-order valence-corrected chi connectivity index (χ3v) is 4.16. The molecule has 0 amide bonds. The van der Waals surface area contributed by atoms with Crippen LogP contribution in [0.3, 0.4) is 0 Å². The maximum atomic E-state index is 10.2. The Hall–Kier alpha value is 1.28. The standard InChI is InChI=1S/C6H12O4S3.Na/c7-6(8)2-4-12-11-3-1-5-13(9)10;/h1-5H2,(H,7,8)(H,9,10);/q;+1. The van der Waals surface area contributed by atoms with Gasteiger partial charge in [0.2, 0.25) is 0 Å². The molecule has 2 N–H and O–H groups in total. The van der Waals surface area contributed by atoms with Crippen molar-refractivity contribution in [1.82, 2.24) is 0 Å². The first kappa shape index (κ1) is 17.7. The topological polar surface area (TPSA) is 74.6 Å². The Labute approximate surface area is 116 Å². The molecule has 8 heteroatoms. The molecule has 0 bridgehead atoms. The van der Waals surface area contributed by atoms with Crippen LogP contribution in [-0.4, -0.2) is 37.1 Å². The van der Waals surface area contributed by atoms with Crippen molar-refractivity contribution in [3.63, 3.8) is 0 Å². The molecule has 0 heterocycles. The fourth-order valence-corrected chi connectivity index (χ4v) is 3.13. The molecule has 0 aromatic rings. The van der Waals surface area contributed by atoms with E-state index in [0.29, 0.717) is 17.9 Å². The number of aliphatic carboxylic acids is 1. The van der Waals surface area contributed by atoms with Crippen molar-refractivity contribution in [3.8, 4) is 0 Å². The molecule has 1 unspecified atom stereocenters. The SMILES string of the molecule is O=C(O)CCSSCCCS(=O)O.[Na+]. The normalized spacial score (nSPS) is 11.8. The molecule has 0 aromatic heterocycles. The first-order valence-electron chi connectivity index (χ1n) is 3.66. The zero-order valence-corrected chi connectivity index (χ0v) is 12.4. The Kier molecular flexibility index (Phi) is 15.6. The van der Waals surface area contributed by atoms with E-state index in [-0.39, 0.29) is 36.0 Å². The van der Waals surface area contributed by atoms with E-state index >= 15 is 0 Å². The van der Waals surface area contributed by atoms with E-state index in [2.05, 4.69) is 0 Å². The van der Waals surface area contributed by atoms with E-state index in [4.69, 9.17) is 9.66 Å². The van der Waals surface area contributed by atoms with Gasteiger partial charge in [-0.15, -0.1) is 0 Å². The smallest absolute Gasteiger partial charge is 0.481 e. The van der Waals surface area contributed by atoms with Crippen LogP contribution in [0.2, 0.25) is 0 Å². The van der Waals surface area contributed by atoms with Crippen LogP contribution in [0.1, 0.15) is 12.8 Å². The van der Waals surface area contributed by atoms with Gasteiger partial charge in [0, 0.05) is 11.5 Å². The molecule has 0 aliphatic heterocycles. The second-order valence-electron chi connectivity index (χ2n) is 2.17. The predicted octanol–water partition coefficient (Wildman–Crippen LogP) is -1.54. The molecule has 0 fully saturated rings. The van der Waals surface area contributed by atoms with Crippen LogP contribution in [0.15, 0.2) is 0 Å². The summed E-state index contributed by atoms with van der Waals surface area (Å²) in [5.74, 6) is 0.884. The average Bonchev–Trinajstić information content (AvgIpc) is 2.01. The summed E-state index contributed by atoms with van der Waals surface area (Å²) in [4.78, 5) is 10.1. The summed E-state index contributed by atoms with van der Waals surface area (Å²) in [5, 5.41) is 8.29. The minimum atomic E-state index is -1.70. The fraction of sp³-hybridized carbons (Fsp3) is 0.833. The van der Waals surface area contributed by atoms with Crippen LogP contribution < -0.4 is 29.6 Å². The average molecular weight is 267 g/mol. The Morgan fingerprint density at radius 1 is 1.29 bits per heavy atom. The molecular formula is C6H12NaO4S3+. The van der Waals surface area contributed by atoms with Gasteiger partial charge >= 0.3 is 35.5 Å². The van der Waals surface area contributed by atoms with Crippen LogP contribution in [0, 0.1) is 0 Å². The van der Waals surface area contributed by atoms with Gasteiger partial charge in [0.25, 0.3) is 0 Å². The van der Waals surface area contributed by atoms with E-state index in [1.165, 1.54) is 10.8 Å². The second-order valence-corrected chi connectivity index (χ2v) is 5.92. The predicted molar refractivity (Wildman–Crippen MR) is 57.4 cm³/mol. The Balaban J connectivity index is 0. The first-order chi connectivity index (χ1) is 6.13. The van der Waals surface area contributed by atoms with Gasteiger partial charge in [0.05, 0.1) is 12.2 Å². The third-order valence-electron chi connectivity index (χ3n) is 1.03. The molecule has 1 atom stereocenters. The number of hydrogen-bond acceptors (Lipinski definition) is 4. The summed E-state index contributed by atoms with van der Waals surface area (Å²) >= 11 is -1.70. The van der Waals surface area contributed by atoms with Gasteiger partial charge in [-0.05, 0) is 6.42 Å². The van der Waals surface area contributed by atoms with Crippen molar-refractivity contribution in [1.29, 1.82) is 0 Å². The van der Waals surface area contributed by atoms with E-state index in [1.54, 1.807) is 10.8 Å². The molecule has 0 rings (SSSR count). The molecule has 0 aliphatic carbocycles. The van der Waals surface area contributed by atoms with Gasteiger partial charge in [-0.2, -0.15) is 0 Å². The van der Waals surface area contributed by atoms with Crippen molar-refractivity contribution in [3.05, 3.63) is 0 Å². The van der Waals surface area contributed by atoms with Gasteiger partial charge in [-0.25, -0.2) is 4.21 Å². The Bertz CT molecular complexity index is 160. The first-order valence-corrected chi connectivity index (χ1v) is 7.43. The molecule has 0 radical (unpaired) electrons. The molecule has 0 aliphatic rings. The zero-order valence-electron chi connectivity index (χ0n) is 7.97. The molecule has 0 saturated carbocycles. The summed E-state index contributed by atoms with van der Waals surface area (Å²) in [7, 11) is 3.03. The van der Waals surface area contributed by atoms with Crippen molar-refractivity contribution < 1.29 is 48.2 Å². The number of hydrogen-bond donors (Lipinski definition) is 2. The Morgan fingerprint density at radius 2 is 1.86 bits per heavy atom. The summed E-state index contributed by atoms with van der Waals surface area (Å²) < 4.78 is 18.6. The van der Waals surface area contributed by atoms with Crippen molar-refractivity contribution in [2.75, 3.05) is 17.3 Å². The van der Waals surface area contributed by atoms with Crippen LogP contribution >= 0.6 is 21.6 Å². The van der Waals surface area contributed by atoms with E-state index in [9.17, 15) is 9.00 Å². The van der Waals surface area contributed by atoms with Crippen LogP contribution in [0.25, 0.3) is 0 Å². The van der Waals surface area contributed by atoms with Crippen LogP contribution in [-0.2, 0) is 15.9 Å². The fourth-order valence-electron chi connectivity index (χ4n) is 0.488. The Morgan fingerprint density at radius 3 is 2.36 bits per heavy atom. The van der Waals surface area contributed by atoms with Crippen molar-refractivity contribution in [2.45, 2.75) is 12.8 Å². The number of carboxylic acids is 1.